The number of rotatable bonds is 3. The van der Waals surface area contributed by atoms with Crippen LogP contribution < -0.4 is 5.73 Å². The summed E-state index contributed by atoms with van der Waals surface area (Å²) in [5.74, 6) is 0.715. The number of likely N-dealkylation sites (tertiary alicyclic amines) is 1. The lowest BCUT2D eigenvalue weighted by molar-refractivity contribution is -0.133. The molecule has 1 aliphatic rings. The van der Waals surface area contributed by atoms with Gasteiger partial charge in [0.25, 0.3) is 0 Å². The molecule has 2 heterocycles. The highest BCUT2D eigenvalue weighted by atomic mass is 79.9. The molecule has 0 aromatic carbocycles. The van der Waals surface area contributed by atoms with E-state index in [2.05, 4.69) is 27.4 Å². The SMILES string of the molecule is CCC(=O)N1CC(N)CC(Cc2csc(Br)c2)C1. The Hall–Kier alpha value is -0.390. The number of thiophene rings is 1. The van der Waals surface area contributed by atoms with Crippen molar-refractivity contribution >= 4 is 33.2 Å². The molecule has 2 atom stereocenters. The van der Waals surface area contributed by atoms with Crippen molar-refractivity contribution in [3.05, 3.63) is 20.8 Å². The van der Waals surface area contributed by atoms with Crippen LogP contribution in [0.15, 0.2) is 15.2 Å². The lowest BCUT2D eigenvalue weighted by atomic mass is 9.90. The summed E-state index contributed by atoms with van der Waals surface area (Å²) < 4.78 is 1.17. The van der Waals surface area contributed by atoms with Gasteiger partial charge >= 0.3 is 0 Å². The molecule has 100 valence electrons. The molecule has 2 N–H and O–H groups in total. The van der Waals surface area contributed by atoms with Gasteiger partial charge in [0.15, 0.2) is 0 Å². The molecule has 1 amide bonds. The molecule has 0 aliphatic carbocycles. The van der Waals surface area contributed by atoms with Crippen LogP contribution in [-0.2, 0) is 11.2 Å². The number of amides is 1. The van der Waals surface area contributed by atoms with Crippen molar-refractivity contribution in [3.8, 4) is 0 Å². The lowest BCUT2D eigenvalue weighted by Crippen LogP contribution is -2.49. The summed E-state index contributed by atoms with van der Waals surface area (Å²) in [5, 5.41) is 2.18. The predicted octanol–water partition coefficient (Wildman–Crippen LogP) is 2.64. The third-order valence-corrected chi connectivity index (χ3v) is 4.92. The summed E-state index contributed by atoms with van der Waals surface area (Å²) >= 11 is 5.19. The van der Waals surface area contributed by atoms with E-state index in [0.29, 0.717) is 12.3 Å². The van der Waals surface area contributed by atoms with E-state index in [0.717, 1.165) is 25.9 Å². The number of hydrogen-bond donors (Lipinski definition) is 1. The minimum absolute atomic E-state index is 0.126. The summed E-state index contributed by atoms with van der Waals surface area (Å²) in [4.78, 5) is 13.7. The fourth-order valence-corrected chi connectivity index (χ4v) is 3.83. The number of nitrogens with two attached hydrogens (primary N) is 1. The Morgan fingerprint density at radius 3 is 3.00 bits per heavy atom. The minimum atomic E-state index is 0.126. The summed E-state index contributed by atoms with van der Waals surface area (Å²) in [7, 11) is 0. The zero-order chi connectivity index (χ0) is 13.1. The largest absolute Gasteiger partial charge is 0.341 e. The first kappa shape index (κ1) is 14.0. The maximum Gasteiger partial charge on any atom is 0.222 e. The van der Waals surface area contributed by atoms with Gasteiger partial charge in [0.2, 0.25) is 5.91 Å². The Morgan fingerprint density at radius 1 is 1.61 bits per heavy atom. The van der Waals surface area contributed by atoms with Crippen molar-refractivity contribution in [2.45, 2.75) is 32.2 Å². The van der Waals surface area contributed by atoms with Crippen LogP contribution in [0.25, 0.3) is 0 Å². The van der Waals surface area contributed by atoms with Crippen LogP contribution in [0.1, 0.15) is 25.3 Å². The first-order valence-corrected chi connectivity index (χ1v) is 8.02. The van der Waals surface area contributed by atoms with Crippen LogP contribution in [0.3, 0.4) is 0 Å². The molecule has 0 radical (unpaired) electrons. The Labute approximate surface area is 120 Å². The van der Waals surface area contributed by atoms with Gasteiger partial charge in [0.05, 0.1) is 3.79 Å². The Kier molecular flexibility index (Phi) is 4.81. The van der Waals surface area contributed by atoms with Gasteiger partial charge in [0, 0.05) is 25.6 Å². The molecule has 18 heavy (non-hydrogen) atoms. The highest BCUT2D eigenvalue weighted by Gasteiger charge is 2.27. The van der Waals surface area contributed by atoms with Crippen LogP contribution in [-0.4, -0.2) is 29.9 Å². The van der Waals surface area contributed by atoms with E-state index in [4.69, 9.17) is 5.73 Å². The third kappa shape index (κ3) is 3.56. The van der Waals surface area contributed by atoms with E-state index in [1.165, 1.54) is 9.35 Å². The Morgan fingerprint density at radius 2 is 2.39 bits per heavy atom. The normalized spacial score (nSPS) is 24.3. The smallest absolute Gasteiger partial charge is 0.222 e. The molecule has 2 unspecified atom stereocenters. The highest BCUT2D eigenvalue weighted by molar-refractivity contribution is 9.11. The van der Waals surface area contributed by atoms with Crippen LogP contribution in [0.4, 0.5) is 0 Å². The van der Waals surface area contributed by atoms with E-state index in [9.17, 15) is 4.79 Å². The zero-order valence-electron chi connectivity index (χ0n) is 10.6. The van der Waals surface area contributed by atoms with Crippen molar-refractivity contribution in [2.75, 3.05) is 13.1 Å². The minimum Gasteiger partial charge on any atom is -0.341 e. The van der Waals surface area contributed by atoms with Crippen molar-refractivity contribution in [3.63, 3.8) is 0 Å². The monoisotopic (exact) mass is 330 g/mol. The summed E-state index contributed by atoms with van der Waals surface area (Å²) in [6, 6.07) is 2.29. The number of piperidine rings is 1. The number of carbonyl (C=O) groups excluding carboxylic acids is 1. The Bertz CT molecular complexity index is 421. The topological polar surface area (TPSA) is 46.3 Å². The number of carbonyl (C=O) groups is 1. The second-order valence-electron chi connectivity index (χ2n) is 4.98. The molecular formula is C13H19BrN2OS. The molecule has 0 bridgehead atoms. The second-order valence-corrected chi connectivity index (χ2v) is 7.27. The average Bonchev–Trinajstić information content (AvgIpc) is 2.73. The van der Waals surface area contributed by atoms with Crippen molar-refractivity contribution in [1.82, 2.24) is 4.90 Å². The molecule has 0 saturated carbocycles. The zero-order valence-corrected chi connectivity index (χ0v) is 13.0. The van der Waals surface area contributed by atoms with Crippen molar-refractivity contribution in [2.24, 2.45) is 11.7 Å². The van der Waals surface area contributed by atoms with E-state index in [-0.39, 0.29) is 11.9 Å². The lowest BCUT2D eigenvalue weighted by Gasteiger charge is -2.36. The summed E-state index contributed by atoms with van der Waals surface area (Å²) in [5.41, 5.74) is 7.41. The van der Waals surface area contributed by atoms with Gasteiger partial charge in [0.1, 0.15) is 0 Å². The van der Waals surface area contributed by atoms with Gasteiger partial charge in [-0.3, -0.25) is 4.79 Å². The van der Waals surface area contributed by atoms with Crippen molar-refractivity contribution in [1.29, 1.82) is 0 Å². The van der Waals surface area contributed by atoms with E-state index < -0.39 is 0 Å². The first-order chi connectivity index (χ1) is 8.58. The second kappa shape index (κ2) is 6.17. The molecule has 1 aromatic rings. The molecular weight excluding hydrogens is 312 g/mol. The molecule has 1 fully saturated rings. The standard InChI is InChI=1S/C13H19BrN2OS/c1-2-13(17)16-6-9(4-11(15)7-16)3-10-5-12(14)18-8-10/h5,8-9,11H,2-4,6-7,15H2,1H3. The maximum absolute atomic E-state index is 11.8. The fraction of sp³-hybridized carbons (Fsp3) is 0.615. The van der Waals surface area contributed by atoms with Crippen LogP contribution in [0, 0.1) is 5.92 Å². The van der Waals surface area contributed by atoms with Gasteiger partial charge in [-0.25, -0.2) is 0 Å². The van der Waals surface area contributed by atoms with Crippen LogP contribution >= 0.6 is 27.3 Å². The average molecular weight is 331 g/mol. The Balaban J connectivity index is 1.98. The van der Waals surface area contributed by atoms with E-state index in [1.807, 2.05) is 11.8 Å². The van der Waals surface area contributed by atoms with Gasteiger partial charge in [-0.2, -0.15) is 0 Å². The van der Waals surface area contributed by atoms with Gasteiger partial charge in [-0.05, 0) is 51.7 Å². The van der Waals surface area contributed by atoms with E-state index in [1.54, 1.807) is 11.3 Å². The molecule has 1 aliphatic heterocycles. The number of nitrogens with zero attached hydrogens (tertiary/aromatic N) is 1. The fourth-order valence-electron chi connectivity index (χ4n) is 2.61. The molecule has 0 spiro atoms. The van der Waals surface area contributed by atoms with Crippen LogP contribution in [0.2, 0.25) is 0 Å². The summed E-state index contributed by atoms with van der Waals surface area (Å²) in [6.07, 6.45) is 2.60. The maximum atomic E-state index is 11.8. The molecule has 3 nitrogen and oxygen atoms in total. The highest BCUT2D eigenvalue weighted by Crippen LogP contribution is 2.26. The predicted molar refractivity (Wildman–Crippen MR) is 78.7 cm³/mol. The number of halogens is 1. The molecule has 5 heteroatoms. The summed E-state index contributed by atoms with van der Waals surface area (Å²) in [6.45, 7) is 3.48. The van der Waals surface area contributed by atoms with Gasteiger partial charge < -0.3 is 10.6 Å². The molecule has 2 rings (SSSR count). The first-order valence-electron chi connectivity index (χ1n) is 6.34. The molecule has 1 saturated heterocycles. The third-order valence-electron chi connectivity index (χ3n) is 3.37. The molecule has 1 aromatic heterocycles. The van der Waals surface area contributed by atoms with Gasteiger partial charge in [-0.15, -0.1) is 11.3 Å². The van der Waals surface area contributed by atoms with Gasteiger partial charge in [-0.1, -0.05) is 6.92 Å². The van der Waals surface area contributed by atoms with E-state index >= 15 is 0 Å². The quantitative estimate of drug-likeness (QED) is 0.926. The van der Waals surface area contributed by atoms with Crippen LogP contribution in [0.5, 0.6) is 0 Å². The number of hydrogen-bond acceptors (Lipinski definition) is 3. The van der Waals surface area contributed by atoms with Crippen molar-refractivity contribution < 1.29 is 4.79 Å².